The fourth-order valence-electron chi connectivity index (χ4n) is 3.37. The Balaban J connectivity index is 1.93. The van der Waals surface area contributed by atoms with Gasteiger partial charge in [-0.1, -0.05) is 19.1 Å². The molecule has 2 heterocycles. The van der Waals surface area contributed by atoms with Gasteiger partial charge in [0.25, 0.3) is 11.8 Å². The largest absolute Gasteiger partial charge is 0.462 e. The predicted octanol–water partition coefficient (Wildman–Crippen LogP) is 3.49. The average molecular weight is 448 g/mol. The third kappa shape index (κ3) is 5.10. The van der Waals surface area contributed by atoms with E-state index in [0.29, 0.717) is 29.3 Å². The molecule has 0 aliphatic carbocycles. The molecule has 0 unspecified atom stereocenters. The Kier molecular flexibility index (Phi) is 7.59. The number of nitrogens with zero attached hydrogens (tertiary/aromatic N) is 2. The summed E-state index contributed by atoms with van der Waals surface area (Å²) in [7, 11) is 0. The number of nitriles is 1. The number of furan rings is 1. The van der Waals surface area contributed by atoms with Crippen LogP contribution in [0.1, 0.15) is 42.8 Å². The number of imide groups is 1. The van der Waals surface area contributed by atoms with Crippen molar-refractivity contribution in [3.05, 3.63) is 64.4 Å². The summed E-state index contributed by atoms with van der Waals surface area (Å²) in [6.45, 7) is 3.61. The number of hydrogen-bond acceptors (Lipinski definition) is 7. The molecule has 33 heavy (non-hydrogen) atoms. The maximum absolute atomic E-state index is 12.9. The predicted molar refractivity (Wildman–Crippen MR) is 119 cm³/mol. The Hall–Kier alpha value is -3.96. The number of ether oxygens (including phenoxy) is 1. The molecule has 2 aromatic rings. The second-order valence-electron chi connectivity index (χ2n) is 7.43. The minimum atomic E-state index is -0.669. The molecule has 0 saturated heterocycles. The average Bonchev–Trinajstić information content (AvgIpc) is 3.29. The van der Waals surface area contributed by atoms with Crippen molar-refractivity contribution >= 4 is 23.9 Å². The number of carbonyl (C=O) groups excluding carboxylic acids is 3. The highest BCUT2D eigenvalue weighted by atomic mass is 16.5. The van der Waals surface area contributed by atoms with E-state index in [1.165, 1.54) is 6.08 Å². The summed E-state index contributed by atoms with van der Waals surface area (Å²) in [5.41, 5.74) is 1.37. The number of esters is 1. The van der Waals surface area contributed by atoms with Crippen molar-refractivity contribution in [2.45, 2.75) is 26.7 Å². The van der Waals surface area contributed by atoms with Crippen LogP contribution in [0.3, 0.4) is 0 Å². The number of carbonyl (C=O) groups is 3. The Bertz CT molecular complexity index is 1180. The lowest BCUT2D eigenvalue weighted by Gasteiger charge is -2.27. The Morgan fingerprint density at radius 2 is 2.03 bits per heavy atom. The standard InChI is InChI=1S/C25H24N2O6/c1-3-12-32-25(31)18-7-4-6-17(13-18)22-9-8-19(33-22)14-20-16(2)21(15-26)24(30)27(23(20)29)10-5-11-28/h4,6-9,13-14,28H,3,5,10-12H2,1-2H3/b20-14+. The summed E-state index contributed by atoms with van der Waals surface area (Å²) < 4.78 is 11.0. The van der Waals surface area contributed by atoms with E-state index in [2.05, 4.69) is 0 Å². The minimum absolute atomic E-state index is 0.00823. The SMILES string of the molecule is CCCOC(=O)c1cccc(-c2ccc(/C=C3/C(=O)N(CCCO)C(=O)C(C#N)=C3C)o2)c1. The Labute approximate surface area is 191 Å². The van der Waals surface area contributed by atoms with Crippen LogP contribution >= 0.6 is 0 Å². The molecule has 0 saturated carbocycles. The highest BCUT2D eigenvalue weighted by molar-refractivity contribution is 6.19. The maximum atomic E-state index is 12.9. The summed E-state index contributed by atoms with van der Waals surface area (Å²) in [6, 6.07) is 12.1. The van der Waals surface area contributed by atoms with E-state index < -0.39 is 17.8 Å². The molecule has 0 fully saturated rings. The van der Waals surface area contributed by atoms with Gasteiger partial charge >= 0.3 is 5.97 Å². The van der Waals surface area contributed by atoms with Crippen LogP contribution in [-0.4, -0.2) is 47.5 Å². The molecule has 8 nitrogen and oxygen atoms in total. The fraction of sp³-hybridized carbons (Fsp3) is 0.280. The maximum Gasteiger partial charge on any atom is 0.338 e. The van der Waals surface area contributed by atoms with Gasteiger partial charge in [-0.05, 0) is 55.7 Å². The van der Waals surface area contributed by atoms with Crippen LogP contribution in [0, 0.1) is 11.3 Å². The molecule has 1 aliphatic heterocycles. The van der Waals surface area contributed by atoms with Crippen molar-refractivity contribution in [1.29, 1.82) is 5.26 Å². The minimum Gasteiger partial charge on any atom is -0.462 e. The van der Waals surface area contributed by atoms with Crippen LogP contribution in [0.4, 0.5) is 0 Å². The first-order chi connectivity index (χ1) is 15.9. The molecule has 1 aliphatic rings. The lowest BCUT2D eigenvalue weighted by atomic mass is 9.94. The highest BCUT2D eigenvalue weighted by Crippen LogP contribution is 2.29. The van der Waals surface area contributed by atoms with Crippen LogP contribution in [-0.2, 0) is 14.3 Å². The normalized spacial score (nSPS) is 15.2. The van der Waals surface area contributed by atoms with E-state index in [-0.39, 0.29) is 36.3 Å². The van der Waals surface area contributed by atoms with Crippen LogP contribution in [0.25, 0.3) is 17.4 Å². The second-order valence-corrected chi connectivity index (χ2v) is 7.43. The third-order valence-corrected chi connectivity index (χ3v) is 5.10. The summed E-state index contributed by atoms with van der Waals surface area (Å²) in [5.74, 6) is -0.815. The first-order valence-electron chi connectivity index (χ1n) is 10.6. The summed E-state index contributed by atoms with van der Waals surface area (Å²) in [5, 5.41) is 18.5. The Morgan fingerprint density at radius 3 is 2.73 bits per heavy atom. The number of hydrogen-bond donors (Lipinski definition) is 1. The molecule has 3 rings (SSSR count). The van der Waals surface area contributed by atoms with Gasteiger partial charge in [0.2, 0.25) is 0 Å². The number of amides is 2. The van der Waals surface area contributed by atoms with E-state index in [9.17, 15) is 19.6 Å². The van der Waals surface area contributed by atoms with Crippen molar-refractivity contribution in [1.82, 2.24) is 4.90 Å². The lowest BCUT2D eigenvalue weighted by Crippen LogP contribution is -2.43. The van der Waals surface area contributed by atoms with Gasteiger partial charge in [-0.2, -0.15) is 5.26 Å². The molecule has 1 aromatic carbocycles. The third-order valence-electron chi connectivity index (χ3n) is 5.10. The molecule has 8 heteroatoms. The van der Waals surface area contributed by atoms with Gasteiger partial charge in [0.05, 0.1) is 12.2 Å². The lowest BCUT2D eigenvalue weighted by molar-refractivity contribution is -0.140. The molecule has 1 N–H and O–H groups in total. The molecule has 0 spiro atoms. The van der Waals surface area contributed by atoms with Crippen LogP contribution in [0.5, 0.6) is 0 Å². The van der Waals surface area contributed by atoms with Gasteiger partial charge in [-0.15, -0.1) is 0 Å². The van der Waals surface area contributed by atoms with Crippen molar-refractivity contribution < 1.29 is 28.6 Å². The first kappa shape index (κ1) is 23.7. The number of rotatable bonds is 8. The zero-order chi connectivity index (χ0) is 24.0. The fourth-order valence-corrected chi connectivity index (χ4v) is 3.37. The van der Waals surface area contributed by atoms with Crippen molar-refractivity contribution in [2.75, 3.05) is 19.8 Å². The summed E-state index contributed by atoms with van der Waals surface area (Å²) in [4.78, 5) is 38.5. The van der Waals surface area contributed by atoms with Crippen LogP contribution in [0.2, 0.25) is 0 Å². The number of benzene rings is 1. The van der Waals surface area contributed by atoms with Crippen molar-refractivity contribution in [2.24, 2.45) is 0 Å². The molecule has 0 bridgehead atoms. The van der Waals surface area contributed by atoms with Crippen LogP contribution in [0.15, 0.2) is 57.5 Å². The highest BCUT2D eigenvalue weighted by Gasteiger charge is 2.35. The van der Waals surface area contributed by atoms with E-state index >= 15 is 0 Å². The zero-order valence-electron chi connectivity index (χ0n) is 18.5. The molecule has 170 valence electrons. The van der Waals surface area contributed by atoms with Gasteiger partial charge in [0.1, 0.15) is 23.2 Å². The van der Waals surface area contributed by atoms with E-state index in [1.807, 2.05) is 13.0 Å². The monoisotopic (exact) mass is 448 g/mol. The van der Waals surface area contributed by atoms with Crippen molar-refractivity contribution in [3.63, 3.8) is 0 Å². The molecule has 0 atom stereocenters. The number of aliphatic hydroxyl groups is 1. The van der Waals surface area contributed by atoms with Gasteiger partial charge < -0.3 is 14.3 Å². The molecular formula is C25H24N2O6. The van der Waals surface area contributed by atoms with Gasteiger partial charge in [-0.3, -0.25) is 14.5 Å². The number of aliphatic hydroxyl groups excluding tert-OH is 1. The second kappa shape index (κ2) is 10.6. The van der Waals surface area contributed by atoms with Crippen LogP contribution < -0.4 is 0 Å². The van der Waals surface area contributed by atoms with E-state index in [4.69, 9.17) is 14.3 Å². The molecular weight excluding hydrogens is 424 g/mol. The first-order valence-corrected chi connectivity index (χ1v) is 10.6. The van der Waals surface area contributed by atoms with Gasteiger partial charge in [-0.25, -0.2) is 4.79 Å². The summed E-state index contributed by atoms with van der Waals surface area (Å²) >= 11 is 0. The topological polar surface area (TPSA) is 121 Å². The Morgan fingerprint density at radius 1 is 1.24 bits per heavy atom. The molecule has 1 aromatic heterocycles. The van der Waals surface area contributed by atoms with Gasteiger partial charge in [0, 0.05) is 24.3 Å². The van der Waals surface area contributed by atoms with Crippen molar-refractivity contribution in [3.8, 4) is 17.4 Å². The molecule has 0 radical (unpaired) electrons. The van der Waals surface area contributed by atoms with E-state index in [0.717, 1.165) is 11.3 Å². The quantitative estimate of drug-likeness (QED) is 0.373. The van der Waals surface area contributed by atoms with Gasteiger partial charge in [0.15, 0.2) is 0 Å². The van der Waals surface area contributed by atoms with E-state index in [1.54, 1.807) is 43.3 Å². The molecule has 2 amide bonds. The zero-order valence-corrected chi connectivity index (χ0v) is 18.5. The summed E-state index contributed by atoms with van der Waals surface area (Å²) in [6.07, 6.45) is 2.42. The smallest absolute Gasteiger partial charge is 0.338 e.